The molecular formula is C13H10N2O4. The van der Waals surface area contributed by atoms with Crippen molar-refractivity contribution >= 4 is 11.9 Å². The molecule has 96 valence electrons. The van der Waals surface area contributed by atoms with Crippen LogP contribution in [0.3, 0.4) is 0 Å². The predicted molar refractivity (Wildman–Crippen MR) is 65.8 cm³/mol. The van der Waals surface area contributed by atoms with Gasteiger partial charge in [0.1, 0.15) is 0 Å². The van der Waals surface area contributed by atoms with Gasteiger partial charge in [0.15, 0.2) is 11.4 Å². The number of carbonyl (C=O) groups excluding carboxylic acids is 1. The lowest BCUT2D eigenvalue weighted by Crippen LogP contribution is -2.09. The van der Waals surface area contributed by atoms with Crippen LogP contribution >= 0.6 is 0 Å². The highest BCUT2D eigenvalue weighted by Gasteiger charge is 2.19. The van der Waals surface area contributed by atoms with Gasteiger partial charge in [-0.3, -0.25) is 0 Å². The molecule has 0 atom stereocenters. The molecule has 0 aliphatic rings. The van der Waals surface area contributed by atoms with Crippen LogP contribution in [0, 0.1) is 0 Å². The number of carboxylic acids is 1. The standard InChI is InChI=1S/C13H10N2O4/c1-19-13(18)11-9(5-3-7-15-11)8-4-2-6-14-10(8)12(16)17/h2-7H,1H3,(H,16,17). The van der Waals surface area contributed by atoms with E-state index in [4.69, 9.17) is 5.11 Å². The minimum Gasteiger partial charge on any atom is -0.476 e. The van der Waals surface area contributed by atoms with Gasteiger partial charge in [0.25, 0.3) is 0 Å². The first-order valence-electron chi connectivity index (χ1n) is 5.37. The Morgan fingerprint density at radius 2 is 1.58 bits per heavy atom. The third-order valence-electron chi connectivity index (χ3n) is 2.49. The Morgan fingerprint density at radius 1 is 1.05 bits per heavy atom. The summed E-state index contributed by atoms with van der Waals surface area (Å²) in [5.41, 5.74) is 0.615. The third-order valence-corrected chi connectivity index (χ3v) is 2.49. The molecule has 2 heterocycles. The monoisotopic (exact) mass is 258 g/mol. The van der Waals surface area contributed by atoms with Gasteiger partial charge in [0, 0.05) is 23.5 Å². The summed E-state index contributed by atoms with van der Waals surface area (Å²) in [6.45, 7) is 0. The van der Waals surface area contributed by atoms with Crippen LogP contribution in [0.1, 0.15) is 21.0 Å². The Morgan fingerprint density at radius 3 is 2.11 bits per heavy atom. The number of carboxylic acid groups (broad SMARTS) is 1. The van der Waals surface area contributed by atoms with Crippen molar-refractivity contribution in [2.75, 3.05) is 7.11 Å². The summed E-state index contributed by atoms with van der Waals surface area (Å²) >= 11 is 0. The van der Waals surface area contributed by atoms with Gasteiger partial charge in [-0.05, 0) is 12.1 Å². The minimum absolute atomic E-state index is 0.0560. The van der Waals surface area contributed by atoms with Crippen LogP contribution in [-0.2, 0) is 4.74 Å². The second-order valence-corrected chi connectivity index (χ2v) is 3.60. The fraction of sp³-hybridized carbons (Fsp3) is 0.0769. The fourth-order valence-corrected chi connectivity index (χ4v) is 1.68. The summed E-state index contributed by atoms with van der Waals surface area (Å²) in [5.74, 6) is -1.80. The largest absolute Gasteiger partial charge is 0.476 e. The highest BCUT2D eigenvalue weighted by atomic mass is 16.5. The van der Waals surface area contributed by atoms with E-state index in [0.717, 1.165) is 0 Å². The molecule has 0 spiro atoms. The lowest BCUT2D eigenvalue weighted by Gasteiger charge is -2.08. The highest BCUT2D eigenvalue weighted by molar-refractivity contribution is 6.00. The van der Waals surface area contributed by atoms with Crippen LogP contribution in [-0.4, -0.2) is 34.1 Å². The normalized spacial score (nSPS) is 9.95. The SMILES string of the molecule is COC(=O)c1ncccc1-c1cccnc1C(=O)O. The van der Waals surface area contributed by atoms with Crippen LogP contribution < -0.4 is 0 Å². The lowest BCUT2D eigenvalue weighted by atomic mass is 10.0. The number of aromatic nitrogens is 2. The molecule has 6 heteroatoms. The summed E-state index contributed by atoms with van der Waals surface area (Å²) in [6, 6.07) is 6.37. The van der Waals surface area contributed by atoms with Crippen LogP contribution in [0.5, 0.6) is 0 Å². The molecule has 0 amide bonds. The van der Waals surface area contributed by atoms with Crippen LogP contribution in [0.2, 0.25) is 0 Å². The number of rotatable bonds is 3. The minimum atomic E-state index is -1.17. The number of methoxy groups -OCH3 is 1. The number of ether oxygens (including phenoxy) is 1. The maximum absolute atomic E-state index is 11.6. The molecule has 0 bridgehead atoms. The topological polar surface area (TPSA) is 89.4 Å². The second kappa shape index (κ2) is 5.26. The number of hydrogen-bond acceptors (Lipinski definition) is 5. The van der Waals surface area contributed by atoms with Crippen LogP contribution in [0.25, 0.3) is 11.1 Å². The number of aromatic carboxylic acids is 1. The highest BCUT2D eigenvalue weighted by Crippen LogP contribution is 2.25. The zero-order valence-corrected chi connectivity index (χ0v) is 10.0. The van der Waals surface area contributed by atoms with E-state index in [0.29, 0.717) is 11.1 Å². The maximum Gasteiger partial charge on any atom is 0.357 e. The molecule has 0 saturated heterocycles. The maximum atomic E-state index is 11.6. The van der Waals surface area contributed by atoms with Gasteiger partial charge >= 0.3 is 11.9 Å². The molecule has 0 fully saturated rings. The number of nitrogens with zero attached hydrogens (tertiary/aromatic N) is 2. The molecular weight excluding hydrogens is 248 g/mol. The van der Waals surface area contributed by atoms with Gasteiger partial charge in [0.2, 0.25) is 0 Å². The zero-order chi connectivity index (χ0) is 13.8. The van der Waals surface area contributed by atoms with Gasteiger partial charge in [0.05, 0.1) is 7.11 Å². The first-order valence-corrected chi connectivity index (χ1v) is 5.37. The van der Waals surface area contributed by atoms with Crippen molar-refractivity contribution in [3.8, 4) is 11.1 Å². The number of hydrogen-bond donors (Lipinski definition) is 1. The molecule has 19 heavy (non-hydrogen) atoms. The van der Waals surface area contributed by atoms with E-state index in [9.17, 15) is 9.59 Å². The Labute approximate surface area is 108 Å². The van der Waals surface area contributed by atoms with E-state index in [1.807, 2.05) is 0 Å². The second-order valence-electron chi connectivity index (χ2n) is 3.60. The summed E-state index contributed by atoms with van der Waals surface area (Å²) in [4.78, 5) is 30.5. The van der Waals surface area contributed by atoms with Crippen molar-refractivity contribution in [1.29, 1.82) is 0 Å². The molecule has 0 aromatic carbocycles. The molecule has 0 saturated carbocycles. The zero-order valence-electron chi connectivity index (χ0n) is 10.0. The Kier molecular flexibility index (Phi) is 3.51. The molecule has 0 unspecified atom stereocenters. The average molecular weight is 258 g/mol. The Balaban J connectivity index is 2.66. The summed E-state index contributed by atoms with van der Waals surface area (Å²) in [5, 5.41) is 9.11. The van der Waals surface area contributed by atoms with Gasteiger partial charge in [-0.1, -0.05) is 12.1 Å². The van der Waals surface area contributed by atoms with E-state index in [1.54, 1.807) is 24.3 Å². The quantitative estimate of drug-likeness (QED) is 0.841. The van der Waals surface area contributed by atoms with Crippen molar-refractivity contribution in [2.24, 2.45) is 0 Å². The first-order chi connectivity index (χ1) is 9.15. The first kappa shape index (κ1) is 12.7. The summed E-state index contributed by atoms with van der Waals surface area (Å²) in [7, 11) is 1.24. The van der Waals surface area contributed by atoms with Gasteiger partial charge in [-0.25, -0.2) is 19.6 Å². The third kappa shape index (κ3) is 2.42. The smallest absolute Gasteiger partial charge is 0.357 e. The molecule has 0 aliphatic heterocycles. The van der Waals surface area contributed by atoms with E-state index in [-0.39, 0.29) is 11.4 Å². The number of pyridine rings is 2. The lowest BCUT2D eigenvalue weighted by molar-refractivity contribution is 0.0593. The van der Waals surface area contributed by atoms with E-state index in [1.165, 1.54) is 19.5 Å². The molecule has 1 N–H and O–H groups in total. The van der Waals surface area contributed by atoms with Crippen molar-refractivity contribution in [2.45, 2.75) is 0 Å². The van der Waals surface area contributed by atoms with Crippen LogP contribution in [0.4, 0.5) is 0 Å². The Hall–Kier alpha value is -2.76. The summed E-state index contributed by atoms with van der Waals surface area (Å²) in [6.07, 6.45) is 2.81. The Bertz CT molecular complexity index is 640. The summed E-state index contributed by atoms with van der Waals surface area (Å²) < 4.78 is 4.63. The van der Waals surface area contributed by atoms with Gasteiger partial charge < -0.3 is 9.84 Å². The molecule has 2 aromatic rings. The fourth-order valence-electron chi connectivity index (χ4n) is 1.68. The predicted octanol–water partition coefficient (Wildman–Crippen LogP) is 1.63. The molecule has 0 aliphatic carbocycles. The molecule has 2 aromatic heterocycles. The van der Waals surface area contributed by atoms with E-state index in [2.05, 4.69) is 14.7 Å². The van der Waals surface area contributed by atoms with Crippen molar-refractivity contribution in [3.05, 3.63) is 48.0 Å². The van der Waals surface area contributed by atoms with Gasteiger partial charge in [-0.15, -0.1) is 0 Å². The molecule has 6 nitrogen and oxygen atoms in total. The van der Waals surface area contributed by atoms with Crippen molar-refractivity contribution in [3.63, 3.8) is 0 Å². The number of carbonyl (C=O) groups is 2. The molecule has 0 radical (unpaired) electrons. The van der Waals surface area contributed by atoms with E-state index >= 15 is 0 Å². The van der Waals surface area contributed by atoms with Crippen LogP contribution in [0.15, 0.2) is 36.7 Å². The van der Waals surface area contributed by atoms with E-state index < -0.39 is 11.9 Å². The van der Waals surface area contributed by atoms with Crippen molar-refractivity contribution in [1.82, 2.24) is 9.97 Å². The van der Waals surface area contributed by atoms with Crippen molar-refractivity contribution < 1.29 is 19.4 Å². The van der Waals surface area contributed by atoms with Gasteiger partial charge in [-0.2, -0.15) is 0 Å². The molecule has 2 rings (SSSR count). The number of esters is 1. The average Bonchev–Trinajstić information content (AvgIpc) is 2.46.